The number of nitrogens with zero attached hydrogens (tertiary/aromatic N) is 3. The second-order valence-electron chi connectivity index (χ2n) is 8.09. The molecule has 0 unspecified atom stereocenters. The van der Waals surface area contributed by atoms with E-state index in [9.17, 15) is 18.0 Å². The average molecular weight is 422 g/mol. The summed E-state index contributed by atoms with van der Waals surface area (Å²) in [5.41, 5.74) is 1.11. The summed E-state index contributed by atoms with van der Waals surface area (Å²) >= 11 is 0. The molecule has 0 bridgehead atoms. The molecular weight excluding hydrogens is 390 g/mol. The van der Waals surface area contributed by atoms with Crippen LogP contribution in [0.5, 0.6) is 0 Å². The second kappa shape index (κ2) is 8.73. The van der Waals surface area contributed by atoms with Crippen LogP contribution in [0.1, 0.15) is 39.0 Å². The Morgan fingerprint density at radius 3 is 2.55 bits per heavy atom. The molecule has 0 saturated carbocycles. The van der Waals surface area contributed by atoms with Crippen molar-refractivity contribution in [3.05, 3.63) is 30.3 Å². The van der Waals surface area contributed by atoms with Gasteiger partial charge in [0.05, 0.1) is 24.3 Å². The Kier molecular flexibility index (Phi) is 6.51. The number of fused-ring (bicyclic) bond motifs is 1. The summed E-state index contributed by atoms with van der Waals surface area (Å²) in [7, 11) is -1.62. The molecule has 0 radical (unpaired) electrons. The fourth-order valence-corrected chi connectivity index (χ4v) is 5.93. The molecule has 2 saturated heterocycles. The molecule has 2 aliphatic rings. The van der Waals surface area contributed by atoms with Crippen LogP contribution in [0.2, 0.25) is 0 Å². The van der Waals surface area contributed by atoms with Gasteiger partial charge in [0.15, 0.2) is 0 Å². The van der Waals surface area contributed by atoms with E-state index in [0.717, 1.165) is 29.2 Å². The number of amides is 2. The predicted octanol–water partition coefficient (Wildman–Crippen LogP) is 2.09. The molecule has 0 spiro atoms. The molecule has 160 valence electrons. The van der Waals surface area contributed by atoms with E-state index >= 15 is 0 Å². The Morgan fingerprint density at radius 1 is 1.24 bits per heavy atom. The van der Waals surface area contributed by atoms with Crippen molar-refractivity contribution < 1.29 is 18.0 Å². The molecule has 1 aromatic rings. The maximum atomic E-state index is 12.9. The number of likely N-dealkylation sites (tertiary alicyclic amines) is 1. The van der Waals surface area contributed by atoms with Crippen LogP contribution >= 0.6 is 0 Å². The number of hydrogen-bond acceptors (Lipinski definition) is 5. The van der Waals surface area contributed by atoms with Crippen molar-refractivity contribution in [3.8, 4) is 0 Å². The summed E-state index contributed by atoms with van der Waals surface area (Å²) in [6.45, 7) is 3.25. The highest BCUT2D eigenvalue weighted by Crippen LogP contribution is 2.40. The van der Waals surface area contributed by atoms with Crippen LogP contribution in [0, 0.1) is 5.92 Å². The molecule has 3 atom stereocenters. The standard InChI is InChI=1S/C21H31N3O4S/c1-4-9-17-20-18(24(21(17)26)29(3,27)28)13-15-23(20)19(25)12-8-14-22(2)16-10-6-5-7-11-16/h5-7,10-11,17-18,20H,4,8-9,12-15H2,1-3H3/t17-,18+,20-/m1/s1. The van der Waals surface area contributed by atoms with Gasteiger partial charge in [-0.1, -0.05) is 31.5 Å². The molecule has 0 N–H and O–H groups in total. The summed E-state index contributed by atoms with van der Waals surface area (Å²) in [6, 6.07) is 9.28. The lowest BCUT2D eigenvalue weighted by atomic mass is 9.94. The number of carbonyl (C=O) groups excluding carboxylic acids is 2. The van der Waals surface area contributed by atoms with Gasteiger partial charge in [-0.2, -0.15) is 0 Å². The normalized spacial score (nSPS) is 24.1. The van der Waals surface area contributed by atoms with Gasteiger partial charge in [-0.3, -0.25) is 9.59 Å². The number of hydrogen-bond donors (Lipinski definition) is 0. The van der Waals surface area contributed by atoms with Gasteiger partial charge in [0.2, 0.25) is 21.8 Å². The minimum absolute atomic E-state index is 0.0169. The van der Waals surface area contributed by atoms with Gasteiger partial charge < -0.3 is 9.80 Å². The molecule has 29 heavy (non-hydrogen) atoms. The highest BCUT2D eigenvalue weighted by molar-refractivity contribution is 7.88. The van der Waals surface area contributed by atoms with Crippen molar-refractivity contribution in [2.75, 3.05) is 31.3 Å². The predicted molar refractivity (Wildman–Crippen MR) is 113 cm³/mol. The van der Waals surface area contributed by atoms with Crippen molar-refractivity contribution in [1.29, 1.82) is 0 Å². The summed E-state index contributed by atoms with van der Waals surface area (Å²) in [5.74, 6) is -0.743. The SMILES string of the molecule is CCC[C@H]1C(=O)N(S(C)(=O)=O)[C@H]2CCN(C(=O)CCCN(C)c3ccccc3)[C@H]12. The van der Waals surface area contributed by atoms with E-state index in [1.165, 1.54) is 0 Å². The van der Waals surface area contributed by atoms with Crippen LogP contribution in [0.15, 0.2) is 30.3 Å². The van der Waals surface area contributed by atoms with Gasteiger partial charge in [-0.05, 0) is 31.4 Å². The number of anilines is 1. The molecule has 3 rings (SSSR count). The highest BCUT2D eigenvalue weighted by Gasteiger charge is 2.56. The van der Waals surface area contributed by atoms with Crippen LogP contribution in [0.3, 0.4) is 0 Å². The van der Waals surface area contributed by atoms with Crippen molar-refractivity contribution in [2.45, 2.75) is 51.1 Å². The smallest absolute Gasteiger partial charge is 0.241 e. The van der Waals surface area contributed by atoms with E-state index in [-0.39, 0.29) is 17.9 Å². The molecule has 0 aliphatic carbocycles. The van der Waals surface area contributed by atoms with Crippen molar-refractivity contribution in [2.24, 2.45) is 5.92 Å². The first-order valence-electron chi connectivity index (χ1n) is 10.3. The lowest BCUT2D eigenvalue weighted by Crippen LogP contribution is -2.43. The third kappa shape index (κ3) is 4.42. The van der Waals surface area contributed by atoms with Gasteiger partial charge in [0.25, 0.3) is 0 Å². The minimum atomic E-state index is -3.63. The Labute approximate surface area is 173 Å². The highest BCUT2D eigenvalue weighted by atomic mass is 32.2. The zero-order valence-electron chi connectivity index (χ0n) is 17.5. The maximum Gasteiger partial charge on any atom is 0.241 e. The van der Waals surface area contributed by atoms with E-state index in [2.05, 4.69) is 4.90 Å². The van der Waals surface area contributed by atoms with Gasteiger partial charge in [-0.15, -0.1) is 0 Å². The van der Waals surface area contributed by atoms with Gasteiger partial charge in [-0.25, -0.2) is 12.7 Å². The molecule has 2 heterocycles. The monoisotopic (exact) mass is 421 g/mol. The zero-order valence-corrected chi connectivity index (χ0v) is 18.3. The topological polar surface area (TPSA) is 78.0 Å². The van der Waals surface area contributed by atoms with Crippen molar-refractivity contribution >= 4 is 27.5 Å². The summed E-state index contributed by atoms with van der Waals surface area (Å²) in [4.78, 5) is 29.6. The number of rotatable bonds is 8. The quantitative estimate of drug-likeness (QED) is 0.642. The Balaban J connectivity index is 1.65. The van der Waals surface area contributed by atoms with Crippen molar-refractivity contribution in [1.82, 2.24) is 9.21 Å². The average Bonchev–Trinajstić information content (AvgIpc) is 3.20. The molecule has 1 aromatic carbocycles. The molecular formula is C21H31N3O4S. The lowest BCUT2D eigenvalue weighted by molar-refractivity contribution is -0.134. The molecule has 2 amide bonds. The third-order valence-corrected chi connectivity index (χ3v) is 7.19. The largest absolute Gasteiger partial charge is 0.375 e. The second-order valence-corrected chi connectivity index (χ2v) is 9.95. The summed E-state index contributed by atoms with van der Waals surface area (Å²) < 4.78 is 25.4. The number of sulfonamides is 1. The molecule has 2 fully saturated rings. The molecule has 0 aromatic heterocycles. The fraction of sp³-hybridized carbons (Fsp3) is 0.619. The van der Waals surface area contributed by atoms with Crippen LogP contribution in [-0.4, -0.2) is 67.9 Å². The van der Waals surface area contributed by atoms with Crippen LogP contribution in [0.25, 0.3) is 0 Å². The van der Waals surface area contributed by atoms with Crippen LogP contribution < -0.4 is 4.90 Å². The van der Waals surface area contributed by atoms with Gasteiger partial charge >= 0.3 is 0 Å². The molecule has 7 nitrogen and oxygen atoms in total. The first-order chi connectivity index (χ1) is 13.8. The van der Waals surface area contributed by atoms with Gasteiger partial charge in [0, 0.05) is 32.2 Å². The molecule has 8 heteroatoms. The molecule has 2 aliphatic heterocycles. The first-order valence-corrected chi connectivity index (χ1v) is 12.2. The van der Waals surface area contributed by atoms with Crippen molar-refractivity contribution in [3.63, 3.8) is 0 Å². The van der Waals surface area contributed by atoms with E-state index in [1.54, 1.807) is 4.90 Å². The zero-order chi connectivity index (χ0) is 21.2. The van der Waals surface area contributed by atoms with E-state index in [0.29, 0.717) is 32.2 Å². The first kappa shape index (κ1) is 21.6. The Hall–Kier alpha value is -2.09. The summed E-state index contributed by atoms with van der Waals surface area (Å²) in [6.07, 6.45) is 4.10. The Morgan fingerprint density at radius 2 is 1.93 bits per heavy atom. The maximum absolute atomic E-state index is 12.9. The fourth-order valence-electron chi connectivity index (χ4n) is 4.74. The number of benzene rings is 1. The van der Waals surface area contributed by atoms with E-state index < -0.39 is 22.0 Å². The third-order valence-electron chi connectivity index (χ3n) is 6.03. The number of carbonyl (C=O) groups is 2. The minimum Gasteiger partial charge on any atom is -0.375 e. The summed E-state index contributed by atoms with van der Waals surface area (Å²) in [5, 5.41) is 0. The lowest BCUT2D eigenvalue weighted by Gasteiger charge is -2.28. The Bertz CT molecular complexity index is 843. The van der Waals surface area contributed by atoms with Gasteiger partial charge in [0.1, 0.15) is 0 Å². The van der Waals surface area contributed by atoms with E-state index in [4.69, 9.17) is 0 Å². The van der Waals surface area contributed by atoms with Crippen LogP contribution in [-0.2, 0) is 19.6 Å². The number of para-hydroxylation sites is 1. The van der Waals surface area contributed by atoms with E-state index in [1.807, 2.05) is 44.3 Å². The van der Waals surface area contributed by atoms with Crippen LogP contribution in [0.4, 0.5) is 5.69 Å².